The summed E-state index contributed by atoms with van der Waals surface area (Å²) >= 11 is 0. The highest BCUT2D eigenvalue weighted by atomic mass is 16.5. The number of ether oxygens (including phenoxy) is 2. The fourth-order valence-electron chi connectivity index (χ4n) is 1.84. The van der Waals surface area contributed by atoms with Gasteiger partial charge in [0.15, 0.2) is 0 Å². The van der Waals surface area contributed by atoms with Crippen molar-refractivity contribution in [3.05, 3.63) is 35.9 Å². The molecule has 2 amide bonds. The minimum atomic E-state index is -1.26. The molecule has 0 heterocycles. The van der Waals surface area contributed by atoms with Gasteiger partial charge < -0.3 is 25.2 Å². The van der Waals surface area contributed by atoms with Gasteiger partial charge in [-0.25, -0.2) is 9.59 Å². The molecule has 0 aromatic heterocycles. The van der Waals surface area contributed by atoms with Gasteiger partial charge in [0.2, 0.25) is 5.91 Å². The molecule has 0 radical (unpaired) electrons. The van der Waals surface area contributed by atoms with Crippen molar-refractivity contribution in [2.45, 2.75) is 38.6 Å². The Morgan fingerprint density at radius 3 is 2.29 bits per heavy atom. The molecule has 0 spiro atoms. The van der Waals surface area contributed by atoms with Crippen molar-refractivity contribution >= 4 is 18.0 Å². The molecule has 8 heteroatoms. The number of amides is 2. The van der Waals surface area contributed by atoms with Crippen molar-refractivity contribution in [1.29, 1.82) is 0 Å². The first kappa shape index (κ1) is 19.4. The number of alkyl carbamates (subject to hydrolysis) is 1. The van der Waals surface area contributed by atoms with Gasteiger partial charge in [-0.2, -0.15) is 0 Å². The molecule has 132 valence electrons. The predicted octanol–water partition coefficient (Wildman–Crippen LogP) is 0.340. The number of nitrogens with one attached hydrogen (secondary N) is 2. The van der Waals surface area contributed by atoms with E-state index < -0.39 is 36.2 Å². The van der Waals surface area contributed by atoms with Gasteiger partial charge in [0.05, 0.1) is 13.2 Å². The van der Waals surface area contributed by atoms with Gasteiger partial charge in [-0.3, -0.25) is 4.79 Å². The maximum Gasteiger partial charge on any atom is 0.408 e. The van der Waals surface area contributed by atoms with E-state index in [1.807, 2.05) is 6.07 Å². The van der Waals surface area contributed by atoms with Gasteiger partial charge in [-0.1, -0.05) is 30.3 Å². The predicted molar refractivity (Wildman–Crippen MR) is 84.9 cm³/mol. The SMILES string of the molecule is COC(=O)[C@H](C)NC(=O)[C@@H](NC(=O)OCc1ccccc1)[C@H](C)O. The van der Waals surface area contributed by atoms with E-state index in [-0.39, 0.29) is 6.61 Å². The summed E-state index contributed by atoms with van der Waals surface area (Å²) in [6.07, 6.45) is -2.04. The monoisotopic (exact) mass is 338 g/mol. The molecule has 3 atom stereocenters. The van der Waals surface area contributed by atoms with Crippen LogP contribution in [0.1, 0.15) is 19.4 Å². The molecular formula is C16H22N2O6. The van der Waals surface area contributed by atoms with Crippen LogP contribution in [0.3, 0.4) is 0 Å². The van der Waals surface area contributed by atoms with Crippen molar-refractivity contribution in [3.8, 4) is 0 Å². The Labute approximate surface area is 140 Å². The minimum absolute atomic E-state index is 0.0272. The number of carbonyl (C=O) groups is 3. The lowest BCUT2D eigenvalue weighted by molar-refractivity contribution is -0.145. The Bertz CT molecular complexity index is 561. The Morgan fingerprint density at radius 2 is 1.75 bits per heavy atom. The number of aliphatic hydroxyl groups is 1. The quantitative estimate of drug-likeness (QED) is 0.618. The number of esters is 1. The van der Waals surface area contributed by atoms with Gasteiger partial charge in [0.1, 0.15) is 18.7 Å². The number of benzene rings is 1. The van der Waals surface area contributed by atoms with Crippen LogP contribution >= 0.6 is 0 Å². The van der Waals surface area contributed by atoms with Gasteiger partial charge in [0.25, 0.3) is 0 Å². The van der Waals surface area contributed by atoms with Gasteiger partial charge >= 0.3 is 12.1 Å². The summed E-state index contributed by atoms with van der Waals surface area (Å²) in [5.74, 6) is -1.36. The molecule has 1 rings (SSSR count). The molecule has 0 aliphatic carbocycles. The fourth-order valence-corrected chi connectivity index (χ4v) is 1.84. The molecule has 0 aliphatic rings. The van der Waals surface area contributed by atoms with E-state index in [1.165, 1.54) is 21.0 Å². The van der Waals surface area contributed by atoms with Crippen molar-refractivity contribution in [1.82, 2.24) is 10.6 Å². The maximum absolute atomic E-state index is 12.1. The summed E-state index contributed by atoms with van der Waals surface area (Å²) in [6, 6.07) is 6.83. The minimum Gasteiger partial charge on any atom is -0.467 e. The van der Waals surface area contributed by atoms with Crippen molar-refractivity contribution < 1.29 is 29.0 Å². The average Bonchev–Trinajstić information content (AvgIpc) is 2.57. The lowest BCUT2D eigenvalue weighted by Crippen LogP contribution is -2.55. The summed E-state index contributed by atoms with van der Waals surface area (Å²) in [5, 5.41) is 14.3. The van der Waals surface area contributed by atoms with Crippen LogP contribution in [-0.2, 0) is 25.7 Å². The third kappa shape index (κ3) is 6.25. The zero-order valence-corrected chi connectivity index (χ0v) is 13.8. The number of hydrogen-bond donors (Lipinski definition) is 3. The van der Waals surface area contributed by atoms with Crippen molar-refractivity contribution in [2.75, 3.05) is 7.11 Å². The number of methoxy groups -OCH3 is 1. The summed E-state index contributed by atoms with van der Waals surface area (Å²) in [6.45, 7) is 2.79. The van der Waals surface area contributed by atoms with E-state index in [4.69, 9.17) is 4.74 Å². The van der Waals surface area contributed by atoms with E-state index in [9.17, 15) is 19.5 Å². The van der Waals surface area contributed by atoms with E-state index in [1.54, 1.807) is 24.3 Å². The van der Waals surface area contributed by atoms with E-state index in [0.29, 0.717) is 0 Å². The van der Waals surface area contributed by atoms with Crippen LogP contribution in [0.4, 0.5) is 4.79 Å². The van der Waals surface area contributed by atoms with Gasteiger partial charge in [0, 0.05) is 0 Å². The number of hydrogen-bond acceptors (Lipinski definition) is 6. The summed E-state index contributed by atoms with van der Waals surface area (Å²) in [4.78, 5) is 35.2. The molecule has 0 saturated carbocycles. The van der Waals surface area contributed by atoms with Crippen LogP contribution in [0.15, 0.2) is 30.3 Å². The first-order valence-electron chi connectivity index (χ1n) is 7.38. The lowest BCUT2D eigenvalue weighted by atomic mass is 10.1. The van der Waals surface area contributed by atoms with E-state index >= 15 is 0 Å². The van der Waals surface area contributed by atoms with Gasteiger partial charge in [-0.05, 0) is 19.4 Å². The van der Waals surface area contributed by atoms with Crippen LogP contribution in [0.5, 0.6) is 0 Å². The molecule has 1 aromatic rings. The highest BCUT2D eigenvalue weighted by Crippen LogP contribution is 2.02. The number of rotatable bonds is 7. The third-order valence-electron chi connectivity index (χ3n) is 3.16. The molecule has 3 N–H and O–H groups in total. The number of carbonyl (C=O) groups excluding carboxylic acids is 3. The second-order valence-corrected chi connectivity index (χ2v) is 5.18. The molecule has 24 heavy (non-hydrogen) atoms. The van der Waals surface area contributed by atoms with E-state index in [0.717, 1.165) is 5.56 Å². The third-order valence-corrected chi connectivity index (χ3v) is 3.16. The molecule has 8 nitrogen and oxygen atoms in total. The zero-order valence-electron chi connectivity index (χ0n) is 13.8. The second-order valence-electron chi connectivity index (χ2n) is 5.18. The Kier molecular flexibility index (Phi) is 7.70. The lowest BCUT2D eigenvalue weighted by Gasteiger charge is -2.22. The van der Waals surface area contributed by atoms with Crippen molar-refractivity contribution in [2.24, 2.45) is 0 Å². The van der Waals surface area contributed by atoms with E-state index in [2.05, 4.69) is 15.4 Å². The maximum atomic E-state index is 12.1. The first-order valence-corrected chi connectivity index (χ1v) is 7.38. The van der Waals surface area contributed by atoms with Crippen molar-refractivity contribution in [3.63, 3.8) is 0 Å². The molecule has 0 saturated heterocycles. The molecule has 0 bridgehead atoms. The van der Waals surface area contributed by atoms with Crippen LogP contribution in [0.2, 0.25) is 0 Å². The molecule has 0 unspecified atom stereocenters. The van der Waals surface area contributed by atoms with Crippen LogP contribution in [0, 0.1) is 0 Å². The van der Waals surface area contributed by atoms with Crippen LogP contribution < -0.4 is 10.6 Å². The number of aliphatic hydroxyl groups excluding tert-OH is 1. The normalized spacial score (nSPS) is 14.0. The first-order chi connectivity index (χ1) is 11.3. The summed E-state index contributed by atoms with van der Waals surface area (Å²) in [5.41, 5.74) is 0.782. The largest absolute Gasteiger partial charge is 0.467 e. The smallest absolute Gasteiger partial charge is 0.408 e. The van der Waals surface area contributed by atoms with Crippen LogP contribution in [-0.4, -0.2) is 48.4 Å². The molecule has 0 fully saturated rings. The second kappa shape index (κ2) is 9.51. The molecule has 1 aromatic carbocycles. The standard InChI is InChI=1S/C16H22N2O6/c1-10(15(21)23-3)17-14(20)13(11(2)19)18-16(22)24-9-12-7-5-4-6-8-12/h4-8,10-11,13,19H,9H2,1-3H3,(H,17,20)(H,18,22)/t10-,11-,13-/m0/s1. The fraction of sp³-hybridized carbons (Fsp3) is 0.438. The topological polar surface area (TPSA) is 114 Å². The molecular weight excluding hydrogens is 316 g/mol. The highest BCUT2D eigenvalue weighted by molar-refractivity contribution is 5.89. The Morgan fingerprint density at radius 1 is 1.12 bits per heavy atom. The van der Waals surface area contributed by atoms with Gasteiger partial charge in [-0.15, -0.1) is 0 Å². The Hall–Kier alpha value is -2.61. The zero-order chi connectivity index (χ0) is 18.1. The highest BCUT2D eigenvalue weighted by Gasteiger charge is 2.28. The summed E-state index contributed by atoms with van der Waals surface area (Å²) in [7, 11) is 1.19. The molecule has 0 aliphatic heterocycles. The summed E-state index contributed by atoms with van der Waals surface area (Å²) < 4.78 is 9.49. The Balaban J connectivity index is 2.56. The average molecular weight is 338 g/mol. The van der Waals surface area contributed by atoms with Crippen LogP contribution in [0.25, 0.3) is 0 Å².